The number of carbonyl (C=O) groups is 2. The SMILES string of the molecule is N[C@](CCC(=O)O)(CP(=O)(O)Cc1cc(F)cc(F)c1)C(=O)O. The van der Waals surface area contributed by atoms with Crippen LogP contribution in [0.2, 0.25) is 0 Å². The largest absolute Gasteiger partial charge is 0.481 e. The molecular weight excluding hydrogens is 335 g/mol. The van der Waals surface area contributed by atoms with Gasteiger partial charge in [0, 0.05) is 18.6 Å². The van der Waals surface area contributed by atoms with Gasteiger partial charge < -0.3 is 20.8 Å². The third-order valence-corrected chi connectivity index (χ3v) is 5.01. The Morgan fingerprint density at radius 3 is 2.13 bits per heavy atom. The maximum Gasteiger partial charge on any atom is 0.324 e. The molecule has 0 aliphatic carbocycles. The minimum Gasteiger partial charge on any atom is -0.481 e. The molecule has 0 fully saturated rings. The van der Waals surface area contributed by atoms with Crippen LogP contribution in [0.5, 0.6) is 0 Å². The first-order chi connectivity index (χ1) is 10.4. The summed E-state index contributed by atoms with van der Waals surface area (Å²) < 4.78 is 38.4. The normalized spacial score (nSPS) is 16.3. The van der Waals surface area contributed by atoms with Gasteiger partial charge in [-0.15, -0.1) is 0 Å². The molecule has 10 heteroatoms. The second-order valence-electron chi connectivity index (χ2n) is 5.30. The lowest BCUT2D eigenvalue weighted by molar-refractivity contribution is -0.143. The fourth-order valence-corrected chi connectivity index (χ4v) is 4.11. The Balaban J connectivity index is 2.94. The van der Waals surface area contributed by atoms with Gasteiger partial charge in [-0.2, -0.15) is 0 Å². The van der Waals surface area contributed by atoms with Crippen LogP contribution in [-0.4, -0.2) is 38.7 Å². The molecule has 0 saturated heterocycles. The summed E-state index contributed by atoms with van der Waals surface area (Å²) in [6.45, 7) is 0. The quantitative estimate of drug-likeness (QED) is 0.519. The molecule has 0 heterocycles. The van der Waals surface area contributed by atoms with Gasteiger partial charge in [0.25, 0.3) is 0 Å². The minimum absolute atomic E-state index is 0.126. The number of nitrogens with two attached hydrogens (primary N) is 1. The molecule has 7 nitrogen and oxygen atoms in total. The van der Waals surface area contributed by atoms with E-state index in [2.05, 4.69) is 0 Å². The van der Waals surface area contributed by atoms with Crippen molar-refractivity contribution < 1.29 is 38.0 Å². The first-order valence-corrected chi connectivity index (χ1v) is 8.46. The summed E-state index contributed by atoms with van der Waals surface area (Å²) in [5.74, 6) is -4.81. The first-order valence-electron chi connectivity index (χ1n) is 6.43. The Kier molecular flexibility index (Phi) is 5.98. The van der Waals surface area contributed by atoms with E-state index >= 15 is 0 Å². The van der Waals surface area contributed by atoms with Gasteiger partial charge in [0.1, 0.15) is 17.2 Å². The van der Waals surface area contributed by atoms with Crippen LogP contribution in [0.3, 0.4) is 0 Å². The lowest BCUT2D eigenvalue weighted by atomic mass is 9.97. The fourth-order valence-electron chi connectivity index (χ4n) is 2.07. The number of hydrogen-bond acceptors (Lipinski definition) is 4. The summed E-state index contributed by atoms with van der Waals surface area (Å²) in [6.07, 6.45) is -2.75. The maximum atomic E-state index is 13.1. The summed E-state index contributed by atoms with van der Waals surface area (Å²) >= 11 is 0. The van der Waals surface area contributed by atoms with E-state index in [1.807, 2.05) is 0 Å². The number of benzene rings is 1. The number of carboxylic acid groups (broad SMARTS) is 2. The van der Waals surface area contributed by atoms with E-state index in [1.165, 1.54) is 0 Å². The zero-order valence-corrected chi connectivity index (χ0v) is 12.8. The van der Waals surface area contributed by atoms with Crippen molar-refractivity contribution in [3.8, 4) is 0 Å². The van der Waals surface area contributed by atoms with Crippen molar-refractivity contribution in [2.75, 3.05) is 6.16 Å². The Morgan fingerprint density at radius 2 is 1.70 bits per heavy atom. The van der Waals surface area contributed by atoms with E-state index < -0.39 is 61.6 Å². The van der Waals surface area contributed by atoms with Crippen LogP contribution < -0.4 is 5.73 Å². The molecule has 0 saturated carbocycles. The van der Waals surface area contributed by atoms with Crippen LogP contribution >= 0.6 is 7.37 Å². The molecule has 0 aromatic heterocycles. The molecule has 128 valence electrons. The smallest absolute Gasteiger partial charge is 0.324 e. The van der Waals surface area contributed by atoms with E-state index in [9.17, 15) is 27.8 Å². The molecule has 1 rings (SSSR count). The van der Waals surface area contributed by atoms with Gasteiger partial charge in [0.15, 0.2) is 0 Å². The summed E-state index contributed by atoms with van der Waals surface area (Å²) in [5, 5.41) is 17.7. The van der Waals surface area contributed by atoms with E-state index in [0.717, 1.165) is 12.1 Å². The summed E-state index contributed by atoms with van der Waals surface area (Å²) in [6, 6.07) is 2.29. The van der Waals surface area contributed by atoms with Gasteiger partial charge in [-0.1, -0.05) is 0 Å². The third kappa shape index (κ3) is 6.05. The van der Waals surface area contributed by atoms with Gasteiger partial charge in [-0.05, 0) is 24.1 Å². The zero-order chi connectivity index (χ0) is 17.8. The predicted molar refractivity (Wildman–Crippen MR) is 76.2 cm³/mol. The van der Waals surface area contributed by atoms with Crippen molar-refractivity contribution in [3.63, 3.8) is 0 Å². The Bertz CT molecular complexity index is 648. The Labute approximate surface area is 130 Å². The highest BCUT2D eigenvalue weighted by molar-refractivity contribution is 7.57. The van der Waals surface area contributed by atoms with Crippen LogP contribution in [0.4, 0.5) is 8.78 Å². The van der Waals surface area contributed by atoms with Gasteiger partial charge in [0.2, 0.25) is 7.37 Å². The van der Waals surface area contributed by atoms with Crippen LogP contribution in [0, 0.1) is 11.6 Å². The van der Waals surface area contributed by atoms with Crippen LogP contribution in [0.15, 0.2) is 18.2 Å². The molecule has 0 amide bonds. The predicted octanol–water partition coefficient (Wildman–Crippen LogP) is 1.38. The Hall–Kier alpha value is -1.83. The highest BCUT2D eigenvalue weighted by Crippen LogP contribution is 2.47. The molecule has 0 spiro atoms. The van der Waals surface area contributed by atoms with Crippen molar-refractivity contribution in [1.82, 2.24) is 0 Å². The molecule has 1 aromatic carbocycles. The highest BCUT2D eigenvalue weighted by atomic mass is 31.2. The zero-order valence-electron chi connectivity index (χ0n) is 11.9. The molecule has 23 heavy (non-hydrogen) atoms. The lowest BCUT2D eigenvalue weighted by Gasteiger charge is -2.26. The van der Waals surface area contributed by atoms with E-state index in [0.29, 0.717) is 6.07 Å². The number of halogens is 2. The van der Waals surface area contributed by atoms with E-state index in [-0.39, 0.29) is 5.56 Å². The monoisotopic (exact) mass is 351 g/mol. The molecule has 0 radical (unpaired) electrons. The van der Waals surface area contributed by atoms with Crippen molar-refractivity contribution in [1.29, 1.82) is 0 Å². The molecular formula is C13H16F2NO6P. The Morgan fingerprint density at radius 1 is 1.17 bits per heavy atom. The van der Waals surface area contributed by atoms with Crippen LogP contribution in [0.25, 0.3) is 0 Å². The number of hydrogen-bond donors (Lipinski definition) is 4. The molecule has 1 aromatic rings. The number of carboxylic acids is 2. The number of rotatable bonds is 8. The van der Waals surface area contributed by atoms with Gasteiger partial charge in [-0.25, -0.2) is 8.78 Å². The third-order valence-electron chi connectivity index (χ3n) is 3.09. The van der Waals surface area contributed by atoms with Gasteiger partial charge in [-0.3, -0.25) is 14.2 Å². The molecule has 2 atom stereocenters. The summed E-state index contributed by atoms with van der Waals surface area (Å²) in [4.78, 5) is 31.7. The highest BCUT2D eigenvalue weighted by Gasteiger charge is 2.41. The molecule has 0 aliphatic rings. The van der Waals surface area contributed by atoms with Crippen molar-refractivity contribution >= 4 is 19.3 Å². The topological polar surface area (TPSA) is 138 Å². The average Bonchev–Trinajstić information content (AvgIpc) is 2.33. The van der Waals surface area contributed by atoms with Gasteiger partial charge in [0.05, 0.1) is 6.16 Å². The molecule has 0 bridgehead atoms. The van der Waals surface area contributed by atoms with Gasteiger partial charge >= 0.3 is 11.9 Å². The average molecular weight is 351 g/mol. The fraction of sp³-hybridized carbons (Fsp3) is 0.385. The standard InChI is InChI=1S/C13H16F2NO6P/c14-9-3-8(4-10(15)5-9)6-23(21,22)7-13(16,12(19)20)2-1-11(17)18/h3-5H,1-2,6-7,16H2,(H,17,18)(H,19,20)(H,21,22)/t13-/m1/s1. The van der Waals surface area contributed by atoms with E-state index in [4.69, 9.17) is 15.9 Å². The lowest BCUT2D eigenvalue weighted by Crippen LogP contribution is -2.51. The second-order valence-corrected chi connectivity index (χ2v) is 7.62. The van der Waals surface area contributed by atoms with E-state index in [1.54, 1.807) is 0 Å². The van der Waals surface area contributed by atoms with Crippen molar-refractivity contribution in [3.05, 3.63) is 35.4 Å². The first kappa shape index (κ1) is 19.2. The molecule has 1 unspecified atom stereocenters. The summed E-state index contributed by atoms with van der Waals surface area (Å²) in [5.41, 5.74) is 3.19. The van der Waals surface area contributed by atoms with Crippen molar-refractivity contribution in [2.45, 2.75) is 24.5 Å². The molecule has 5 N–H and O–H groups in total. The van der Waals surface area contributed by atoms with Crippen molar-refractivity contribution in [2.24, 2.45) is 5.73 Å². The maximum absolute atomic E-state index is 13.1. The number of aliphatic carboxylic acids is 2. The van der Waals surface area contributed by atoms with Crippen LogP contribution in [0.1, 0.15) is 18.4 Å². The summed E-state index contributed by atoms with van der Waals surface area (Å²) in [7, 11) is -4.22. The second kappa shape index (κ2) is 7.16. The van der Waals surface area contributed by atoms with Crippen LogP contribution in [-0.2, 0) is 20.3 Å². The minimum atomic E-state index is -4.22. The molecule has 0 aliphatic heterocycles.